The van der Waals surface area contributed by atoms with Crippen LogP contribution in [0.1, 0.15) is 44.1 Å². The number of amidine groups is 1. The van der Waals surface area contributed by atoms with E-state index in [9.17, 15) is 0 Å². The summed E-state index contributed by atoms with van der Waals surface area (Å²) in [5.41, 5.74) is 9.54. The van der Waals surface area contributed by atoms with E-state index in [1.807, 2.05) is 19.3 Å². The molecule has 172 valence electrons. The molecule has 1 aliphatic heterocycles. The van der Waals surface area contributed by atoms with E-state index < -0.39 is 0 Å². The maximum Gasteiger partial charge on any atom is 0.154 e. The molecule has 1 atom stereocenters. The topological polar surface area (TPSA) is 108 Å². The van der Waals surface area contributed by atoms with Crippen LogP contribution in [0.5, 0.6) is 0 Å². The fourth-order valence-corrected chi connectivity index (χ4v) is 5.05. The highest BCUT2D eigenvalue weighted by atomic mass is 32.2. The number of nitrogens with one attached hydrogen (secondary N) is 2. The first-order valence-electron chi connectivity index (χ1n) is 11.4. The van der Waals surface area contributed by atoms with Gasteiger partial charge < -0.3 is 16.0 Å². The number of nitrogens with two attached hydrogens (primary N) is 2. The van der Waals surface area contributed by atoms with Crippen LogP contribution < -0.4 is 26.5 Å². The highest BCUT2D eigenvalue weighted by Gasteiger charge is 2.27. The Morgan fingerprint density at radius 1 is 1.22 bits per heavy atom. The minimum atomic E-state index is 0.0957. The molecular formula is C23H34N8S. The van der Waals surface area contributed by atoms with Gasteiger partial charge in [0.25, 0.3) is 0 Å². The summed E-state index contributed by atoms with van der Waals surface area (Å²) in [6, 6.07) is 10.9. The number of nitrogens with zero attached hydrogens (tertiary/aromatic N) is 4. The van der Waals surface area contributed by atoms with Crippen LogP contribution in [0.4, 0.5) is 11.4 Å². The average molecular weight is 455 g/mol. The van der Waals surface area contributed by atoms with E-state index >= 15 is 0 Å². The zero-order chi connectivity index (χ0) is 22.3. The Bertz CT molecular complexity index is 900. The fraction of sp³-hybridized carbons (Fsp3) is 0.478. The third kappa shape index (κ3) is 5.65. The van der Waals surface area contributed by atoms with Crippen LogP contribution in [0.3, 0.4) is 0 Å². The minimum Gasteiger partial charge on any atom is -0.382 e. The molecule has 0 bridgehead atoms. The third-order valence-electron chi connectivity index (χ3n) is 6.22. The van der Waals surface area contributed by atoms with Crippen molar-refractivity contribution in [3.8, 4) is 0 Å². The second-order valence-corrected chi connectivity index (χ2v) is 9.54. The molecule has 6 N–H and O–H groups in total. The number of aromatic nitrogens is 1. The quantitative estimate of drug-likeness (QED) is 0.158. The molecule has 9 heteroatoms. The lowest BCUT2D eigenvalue weighted by Crippen LogP contribution is -2.40. The Morgan fingerprint density at radius 2 is 2.06 bits per heavy atom. The van der Waals surface area contributed by atoms with Crippen LogP contribution in [0.2, 0.25) is 0 Å². The number of hydrogen-bond donors (Lipinski definition) is 4. The van der Waals surface area contributed by atoms with E-state index in [2.05, 4.69) is 49.3 Å². The predicted octanol–water partition coefficient (Wildman–Crippen LogP) is 3.13. The number of hydrazine groups is 1. The third-order valence-corrected chi connectivity index (χ3v) is 6.92. The van der Waals surface area contributed by atoms with Crippen molar-refractivity contribution in [3.63, 3.8) is 0 Å². The van der Waals surface area contributed by atoms with Gasteiger partial charge in [-0.3, -0.25) is 9.71 Å². The van der Waals surface area contributed by atoms with Crippen LogP contribution in [0, 0.1) is 0 Å². The largest absolute Gasteiger partial charge is 0.382 e. The SMILES string of the molecule is CNSc1ccc(NC2CCCCC2)c(/C(N)=N/N(N)C2CCN(c3cccnc3)C2)c1. The van der Waals surface area contributed by atoms with Gasteiger partial charge in [-0.1, -0.05) is 19.3 Å². The molecule has 1 aliphatic carbocycles. The Kier molecular flexibility index (Phi) is 7.72. The predicted molar refractivity (Wildman–Crippen MR) is 133 cm³/mol. The molecule has 1 saturated carbocycles. The highest BCUT2D eigenvalue weighted by Crippen LogP contribution is 2.27. The van der Waals surface area contributed by atoms with Crippen LogP contribution in [0.15, 0.2) is 52.7 Å². The lowest BCUT2D eigenvalue weighted by molar-refractivity contribution is 0.225. The molecule has 0 spiro atoms. The maximum absolute atomic E-state index is 6.52. The molecule has 32 heavy (non-hydrogen) atoms. The Hall–Kier alpha value is -2.49. The van der Waals surface area contributed by atoms with Crippen molar-refractivity contribution >= 4 is 29.2 Å². The molecule has 2 fully saturated rings. The molecule has 2 aliphatic rings. The first-order chi connectivity index (χ1) is 15.6. The van der Waals surface area contributed by atoms with E-state index in [-0.39, 0.29) is 6.04 Å². The molecule has 1 unspecified atom stereocenters. The van der Waals surface area contributed by atoms with Gasteiger partial charge in [0.15, 0.2) is 5.84 Å². The summed E-state index contributed by atoms with van der Waals surface area (Å²) in [5.74, 6) is 6.81. The molecule has 4 rings (SSSR count). The molecule has 1 saturated heterocycles. The zero-order valence-corrected chi connectivity index (χ0v) is 19.5. The fourth-order valence-electron chi connectivity index (χ4n) is 4.50. The number of pyridine rings is 1. The van der Waals surface area contributed by atoms with Crippen LogP contribution in [-0.4, -0.2) is 48.2 Å². The summed E-state index contributed by atoms with van der Waals surface area (Å²) in [7, 11) is 1.91. The molecular weight excluding hydrogens is 420 g/mol. The van der Waals surface area contributed by atoms with Gasteiger partial charge in [0.05, 0.1) is 17.9 Å². The van der Waals surface area contributed by atoms with Gasteiger partial charge in [-0.15, -0.1) is 5.10 Å². The van der Waals surface area contributed by atoms with Crippen LogP contribution in [0.25, 0.3) is 0 Å². The summed E-state index contributed by atoms with van der Waals surface area (Å²) in [6.07, 6.45) is 10.9. The second kappa shape index (κ2) is 10.9. The van der Waals surface area contributed by atoms with Gasteiger partial charge in [0.2, 0.25) is 0 Å². The standard InChI is InChI=1S/C23H34N8S/c1-26-32-20-9-10-22(28-17-6-3-2-4-7-17)21(14-20)23(24)29-31(25)19-11-13-30(16-19)18-8-5-12-27-15-18/h5,8-10,12,14-15,17,19,26,28H,2-4,6-7,11,13,16,25H2,1H3,(H2,24,29). The molecule has 1 aromatic carbocycles. The second-order valence-electron chi connectivity index (χ2n) is 8.46. The molecule has 1 aromatic heterocycles. The first-order valence-corrected chi connectivity index (χ1v) is 12.2. The number of rotatable bonds is 8. The lowest BCUT2D eigenvalue weighted by Gasteiger charge is -2.26. The van der Waals surface area contributed by atoms with Crippen LogP contribution >= 0.6 is 11.9 Å². The van der Waals surface area contributed by atoms with Gasteiger partial charge in [-0.25, -0.2) is 11.0 Å². The van der Waals surface area contributed by atoms with E-state index in [1.54, 1.807) is 18.1 Å². The Labute approximate surface area is 194 Å². The van der Waals surface area contributed by atoms with Crippen molar-refractivity contribution in [1.29, 1.82) is 0 Å². The van der Waals surface area contributed by atoms with Gasteiger partial charge in [-0.05, 0) is 68.6 Å². The average Bonchev–Trinajstić information content (AvgIpc) is 3.32. The number of hydrazone groups is 1. The summed E-state index contributed by atoms with van der Waals surface area (Å²) >= 11 is 1.56. The van der Waals surface area contributed by atoms with Crippen molar-refractivity contribution < 1.29 is 0 Å². The van der Waals surface area contributed by atoms with Crippen molar-refractivity contribution in [3.05, 3.63) is 48.3 Å². The Balaban J connectivity index is 1.49. The summed E-state index contributed by atoms with van der Waals surface area (Å²) in [6.45, 7) is 1.71. The highest BCUT2D eigenvalue weighted by molar-refractivity contribution is 7.97. The van der Waals surface area contributed by atoms with E-state index in [1.165, 1.54) is 37.2 Å². The van der Waals surface area contributed by atoms with Crippen LogP contribution in [-0.2, 0) is 0 Å². The van der Waals surface area contributed by atoms with Crippen molar-refractivity contribution in [2.45, 2.75) is 55.5 Å². The summed E-state index contributed by atoms with van der Waals surface area (Å²) < 4.78 is 3.13. The zero-order valence-electron chi connectivity index (χ0n) is 18.7. The number of hydrogen-bond acceptors (Lipinski definition) is 8. The normalized spacial score (nSPS) is 19.9. The van der Waals surface area contributed by atoms with E-state index in [4.69, 9.17) is 11.6 Å². The van der Waals surface area contributed by atoms with Gasteiger partial charge >= 0.3 is 0 Å². The first kappa shape index (κ1) is 22.7. The summed E-state index contributed by atoms with van der Waals surface area (Å²) in [4.78, 5) is 7.59. The van der Waals surface area contributed by atoms with Gasteiger partial charge in [0, 0.05) is 41.5 Å². The molecule has 2 heterocycles. The summed E-state index contributed by atoms with van der Waals surface area (Å²) in [5, 5.41) is 9.85. The molecule has 8 nitrogen and oxygen atoms in total. The van der Waals surface area contributed by atoms with Crippen molar-refractivity contribution in [2.75, 3.05) is 30.4 Å². The Morgan fingerprint density at radius 3 is 2.81 bits per heavy atom. The van der Waals surface area contributed by atoms with Gasteiger partial charge in [0.1, 0.15) is 0 Å². The number of anilines is 2. The smallest absolute Gasteiger partial charge is 0.154 e. The monoisotopic (exact) mass is 454 g/mol. The minimum absolute atomic E-state index is 0.0957. The maximum atomic E-state index is 6.52. The lowest BCUT2D eigenvalue weighted by atomic mass is 9.95. The van der Waals surface area contributed by atoms with Crippen molar-refractivity contribution in [2.24, 2.45) is 16.7 Å². The van der Waals surface area contributed by atoms with E-state index in [0.29, 0.717) is 11.9 Å². The molecule has 0 amide bonds. The number of benzene rings is 1. The van der Waals surface area contributed by atoms with E-state index in [0.717, 1.165) is 41.3 Å². The van der Waals surface area contributed by atoms with Crippen molar-refractivity contribution in [1.82, 2.24) is 14.8 Å². The molecule has 2 aromatic rings. The van der Waals surface area contributed by atoms with Gasteiger partial charge in [-0.2, -0.15) is 0 Å². The molecule has 0 radical (unpaired) electrons.